The first-order valence-electron chi connectivity index (χ1n) is 7.42. The lowest BCUT2D eigenvalue weighted by molar-refractivity contribution is 0.180. The van der Waals surface area contributed by atoms with Crippen molar-refractivity contribution >= 4 is 0 Å². The highest BCUT2D eigenvalue weighted by atomic mass is 15.2. The van der Waals surface area contributed by atoms with E-state index in [0.717, 1.165) is 12.5 Å². The number of nitriles is 1. The summed E-state index contributed by atoms with van der Waals surface area (Å²) < 4.78 is 0. The Morgan fingerprint density at radius 1 is 1.29 bits per heavy atom. The van der Waals surface area contributed by atoms with Gasteiger partial charge in [0.2, 0.25) is 0 Å². The highest BCUT2D eigenvalue weighted by Gasteiger charge is 2.24. The zero-order valence-corrected chi connectivity index (χ0v) is 11.6. The predicted molar refractivity (Wildman–Crippen MR) is 72.7 cm³/mol. The van der Waals surface area contributed by atoms with E-state index in [1.54, 1.807) is 0 Å². The van der Waals surface area contributed by atoms with Gasteiger partial charge in [-0.2, -0.15) is 5.26 Å². The quantitative estimate of drug-likeness (QED) is 0.596. The minimum Gasteiger partial charge on any atom is -0.287 e. The Morgan fingerprint density at radius 3 is 2.53 bits per heavy atom. The van der Waals surface area contributed by atoms with E-state index in [4.69, 9.17) is 5.26 Å². The van der Waals surface area contributed by atoms with Crippen LogP contribution >= 0.6 is 0 Å². The molecule has 1 atom stereocenters. The average Bonchev–Trinajstić information content (AvgIpc) is 2.87. The maximum absolute atomic E-state index is 8.97. The molecule has 0 heterocycles. The van der Waals surface area contributed by atoms with Gasteiger partial charge in [-0.25, -0.2) is 0 Å². The van der Waals surface area contributed by atoms with Crippen molar-refractivity contribution in [3.05, 3.63) is 0 Å². The number of hydrogen-bond acceptors (Lipinski definition) is 2. The van der Waals surface area contributed by atoms with Crippen molar-refractivity contribution in [2.75, 3.05) is 13.1 Å². The first-order chi connectivity index (χ1) is 8.31. The summed E-state index contributed by atoms with van der Waals surface area (Å²) in [5.74, 6) is 0.795. The number of hydrogen-bond donors (Lipinski definition) is 0. The Morgan fingerprint density at radius 2 is 2.00 bits per heavy atom. The number of rotatable bonds is 8. The molecule has 0 N–H and O–H groups in total. The lowest BCUT2D eigenvalue weighted by Crippen LogP contribution is -2.37. The molecule has 1 rings (SSSR count). The highest BCUT2D eigenvalue weighted by molar-refractivity contribution is 4.85. The van der Waals surface area contributed by atoms with Gasteiger partial charge in [0.15, 0.2) is 0 Å². The summed E-state index contributed by atoms with van der Waals surface area (Å²) in [5, 5.41) is 8.97. The highest BCUT2D eigenvalue weighted by Crippen LogP contribution is 2.25. The van der Waals surface area contributed by atoms with Gasteiger partial charge in [0.1, 0.15) is 0 Å². The van der Waals surface area contributed by atoms with E-state index < -0.39 is 0 Å². The van der Waals surface area contributed by atoms with Crippen LogP contribution in [0.3, 0.4) is 0 Å². The zero-order chi connectivity index (χ0) is 12.5. The monoisotopic (exact) mass is 236 g/mol. The third-order valence-electron chi connectivity index (χ3n) is 4.15. The molecule has 0 radical (unpaired) electrons. The van der Waals surface area contributed by atoms with Crippen LogP contribution in [-0.4, -0.2) is 24.0 Å². The largest absolute Gasteiger partial charge is 0.287 e. The zero-order valence-electron chi connectivity index (χ0n) is 11.6. The molecule has 98 valence electrons. The van der Waals surface area contributed by atoms with Crippen LogP contribution in [0.15, 0.2) is 0 Å². The molecule has 2 heteroatoms. The normalized spacial score (nSPS) is 18.5. The van der Waals surface area contributed by atoms with Crippen molar-refractivity contribution in [1.82, 2.24) is 4.90 Å². The number of nitrogens with zero attached hydrogens (tertiary/aromatic N) is 2. The summed E-state index contributed by atoms with van der Waals surface area (Å²) in [6.07, 6.45) is 10.6. The molecule has 0 aromatic rings. The molecule has 2 nitrogen and oxygen atoms in total. The van der Waals surface area contributed by atoms with Gasteiger partial charge in [-0.3, -0.25) is 4.90 Å². The fourth-order valence-electron chi connectivity index (χ4n) is 2.95. The standard InChI is InChI=1S/C15H28N2/c1-3-5-8-14(4-2)13-17(12-11-16)15-9-6-7-10-15/h14-15H,3-10,12-13H2,1-2H3. The Bertz CT molecular complexity index is 226. The molecule has 0 bridgehead atoms. The van der Waals surface area contributed by atoms with Crippen LogP contribution in [0.4, 0.5) is 0 Å². The van der Waals surface area contributed by atoms with Gasteiger partial charge in [-0.1, -0.05) is 46.0 Å². The van der Waals surface area contributed by atoms with E-state index in [-0.39, 0.29) is 0 Å². The van der Waals surface area contributed by atoms with E-state index in [1.807, 2.05) is 0 Å². The fourth-order valence-corrected chi connectivity index (χ4v) is 2.95. The molecular formula is C15H28N2. The molecule has 1 aliphatic carbocycles. The van der Waals surface area contributed by atoms with E-state index >= 15 is 0 Å². The van der Waals surface area contributed by atoms with Crippen molar-refractivity contribution in [3.8, 4) is 6.07 Å². The smallest absolute Gasteiger partial charge is 0.0868 e. The Kier molecular flexibility index (Phi) is 7.28. The van der Waals surface area contributed by atoms with E-state index in [2.05, 4.69) is 24.8 Å². The minimum absolute atomic E-state index is 0.632. The maximum atomic E-state index is 8.97. The lowest BCUT2D eigenvalue weighted by Gasteiger charge is -2.30. The molecule has 1 saturated carbocycles. The van der Waals surface area contributed by atoms with E-state index in [1.165, 1.54) is 51.4 Å². The molecule has 1 unspecified atom stereocenters. The second-order valence-electron chi connectivity index (χ2n) is 5.44. The molecule has 0 spiro atoms. The van der Waals surface area contributed by atoms with Gasteiger partial charge in [-0.05, 0) is 25.2 Å². The maximum Gasteiger partial charge on any atom is 0.0868 e. The third kappa shape index (κ3) is 5.08. The first kappa shape index (κ1) is 14.5. The molecular weight excluding hydrogens is 208 g/mol. The SMILES string of the molecule is CCCCC(CC)CN(CC#N)C1CCCC1. The fraction of sp³-hybridized carbons (Fsp3) is 0.933. The summed E-state index contributed by atoms with van der Waals surface area (Å²) in [6.45, 7) is 6.33. The van der Waals surface area contributed by atoms with E-state index in [9.17, 15) is 0 Å². The molecule has 1 fully saturated rings. The Balaban J connectivity index is 2.42. The summed E-state index contributed by atoms with van der Waals surface area (Å²) in [6, 6.07) is 3.06. The molecule has 0 aromatic carbocycles. The molecule has 1 aliphatic rings. The van der Waals surface area contributed by atoms with Crippen molar-refractivity contribution in [3.63, 3.8) is 0 Å². The summed E-state index contributed by atoms with van der Waals surface area (Å²) in [7, 11) is 0. The van der Waals surface area contributed by atoms with Crippen molar-refractivity contribution in [1.29, 1.82) is 5.26 Å². The molecule has 0 saturated heterocycles. The molecule has 0 aromatic heterocycles. The topological polar surface area (TPSA) is 27.0 Å². The molecule has 0 aliphatic heterocycles. The van der Waals surface area contributed by atoms with Gasteiger partial charge in [-0.15, -0.1) is 0 Å². The van der Waals surface area contributed by atoms with Gasteiger partial charge in [0.25, 0.3) is 0 Å². The van der Waals surface area contributed by atoms with Crippen LogP contribution in [-0.2, 0) is 0 Å². The van der Waals surface area contributed by atoms with Crippen LogP contribution in [0.2, 0.25) is 0 Å². The van der Waals surface area contributed by atoms with Gasteiger partial charge in [0, 0.05) is 12.6 Å². The van der Waals surface area contributed by atoms with Crippen LogP contribution < -0.4 is 0 Å². The minimum atomic E-state index is 0.632. The second kappa shape index (κ2) is 8.53. The summed E-state index contributed by atoms with van der Waals surface area (Å²) in [4.78, 5) is 2.46. The first-order valence-corrected chi connectivity index (χ1v) is 7.42. The van der Waals surface area contributed by atoms with Gasteiger partial charge in [0.05, 0.1) is 12.6 Å². The van der Waals surface area contributed by atoms with Crippen LogP contribution in [0.1, 0.15) is 65.2 Å². The molecule has 0 amide bonds. The van der Waals surface area contributed by atoms with Crippen molar-refractivity contribution in [2.45, 2.75) is 71.3 Å². The van der Waals surface area contributed by atoms with Gasteiger partial charge < -0.3 is 0 Å². The van der Waals surface area contributed by atoms with Crippen molar-refractivity contribution < 1.29 is 0 Å². The summed E-state index contributed by atoms with van der Waals surface area (Å²) >= 11 is 0. The van der Waals surface area contributed by atoms with Crippen molar-refractivity contribution in [2.24, 2.45) is 5.92 Å². The number of unbranched alkanes of at least 4 members (excludes halogenated alkanes) is 1. The van der Waals surface area contributed by atoms with Crippen LogP contribution in [0.5, 0.6) is 0 Å². The Hall–Kier alpha value is -0.550. The Labute approximate surface area is 107 Å². The lowest BCUT2D eigenvalue weighted by atomic mass is 9.98. The van der Waals surface area contributed by atoms with Crippen LogP contribution in [0, 0.1) is 17.2 Å². The van der Waals surface area contributed by atoms with Gasteiger partial charge >= 0.3 is 0 Å². The van der Waals surface area contributed by atoms with Crippen LogP contribution in [0.25, 0.3) is 0 Å². The second-order valence-corrected chi connectivity index (χ2v) is 5.44. The molecule has 17 heavy (non-hydrogen) atoms. The summed E-state index contributed by atoms with van der Waals surface area (Å²) in [5.41, 5.74) is 0. The van der Waals surface area contributed by atoms with E-state index in [0.29, 0.717) is 12.6 Å². The average molecular weight is 236 g/mol. The third-order valence-corrected chi connectivity index (χ3v) is 4.15. The predicted octanol–water partition coefficient (Wildman–Crippen LogP) is 3.97.